The van der Waals surface area contributed by atoms with E-state index in [2.05, 4.69) is 86.6 Å². The Balaban J connectivity index is 0.000000195. The molecule has 0 atom stereocenters. The molecule has 0 fully saturated rings. The van der Waals surface area contributed by atoms with Gasteiger partial charge in [-0.25, -0.2) is 8.78 Å². The first-order valence-electron chi connectivity index (χ1n) is 11.9. The standard InChI is InChI=1S/C21H18.2C6H5FO.Zr/c1-21(2,19-11-15-7-3-4-8-16(15)12-19)20-13-17-9-5-6-10-18(17)14-20;2*7-5-1-3-6(8)4-2-5;/h3-14H,1-2H3;2*1-4,8H;/q-2;;;+2. The summed E-state index contributed by atoms with van der Waals surface area (Å²) in [6.45, 7) is 4.63. The van der Waals surface area contributed by atoms with Gasteiger partial charge in [0, 0.05) is 0 Å². The molecule has 190 valence electrons. The molecule has 6 aromatic carbocycles. The van der Waals surface area contributed by atoms with Crippen LogP contribution in [0.4, 0.5) is 8.78 Å². The van der Waals surface area contributed by atoms with Crippen molar-refractivity contribution in [2.45, 2.75) is 19.3 Å². The van der Waals surface area contributed by atoms with Gasteiger partial charge in [0.15, 0.2) is 0 Å². The van der Waals surface area contributed by atoms with Gasteiger partial charge in [-0.2, -0.15) is 12.1 Å². The molecule has 2 N–H and O–H groups in total. The molecule has 0 radical (unpaired) electrons. The number of phenols is 2. The van der Waals surface area contributed by atoms with Crippen LogP contribution in [0.15, 0.2) is 121 Å². The van der Waals surface area contributed by atoms with Gasteiger partial charge in [0.05, 0.1) is 0 Å². The van der Waals surface area contributed by atoms with Crippen molar-refractivity contribution in [3.8, 4) is 11.5 Å². The number of aromatic hydroxyl groups is 2. The number of hydrogen-bond acceptors (Lipinski definition) is 2. The molecule has 0 aromatic heterocycles. The van der Waals surface area contributed by atoms with Crippen molar-refractivity contribution in [3.63, 3.8) is 0 Å². The maximum absolute atomic E-state index is 12.0. The predicted molar refractivity (Wildman–Crippen MR) is 147 cm³/mol. The summed E-state index contributed by atoms with van der Waals surface area (Å²) in [6.07, 6.45) is 0. The maximum atomic E-state index is 12.0. The third kappa shape index (κ3) is 7.27. The van der Waals surface area contributed by atoms with Crippen LogP contribution in [0, 0.1) is 11.6 Å². The predicted octanol–water partition coefficient (Wildman–Crippen LogP) is 8.82. The van der Waals surface area contributed by atoms with Crippen molar-refractivity contribution in [1.29, 1.82) is 0 Å². The van der Waals surface area contributed by atoms with E-state index >= 15 is 0 Å². The van der Waals surface area contributed by atoms with Crippen molar-refractivity contribution in [2.24, 2.45) is 0 Å². The molecule has 2 nitrogen and oxygen atoms in total. The number of halogens is 2. The molecule has 38 heavy (non-hydrogen) atoms. The van der Waals surface area contributed by atoms with Crippen molar-refractivity contribution >= 4 is 21.5 Å². The van der Waals surface area contributed by atoms with Gasteiger partial charge in [-0.05, 0) is 53.9 Å². The average molecular weight is 586 g/mol. The molecule has 5 heteroatoms. The van der Waals surface area contributed by atoms with Crippen molar-refractivity contribution in [3.05, 3.63) is 144 Å². The third-order valence-corrected chi connectivity index (χ3v) is 6.33. The molecule has 0 heterocycles. The van der Waals surface area contributed by atoms with Gasteiger partial charge >= 0.3 is 26.2 Å². The average Bonchev–Trinajstić information content (AvgIpc) is 3.54. The van der Waals surface area contributed by atoms with E-state index in [4.69, 9.17) is 10.2 Å². The van der Waals surface area contributed by atoms with E-state index in [0.29, 0.717) is 0 Å². The number of benzene rings is 4. The first-order valence-corrected chi connectivity index (χ1v) is 11.9. The summed E-state index contributed by atoms with van der Waals surface area (Å²) >= 11 is 0. The zero-order valence-electron chi connectivity index (χ0n) is 21.2. The number of phenolic OH excluding ortho intramolecular Hbond substituents is 2. The Morgan fingerprint density at radius 2 is 0.895 bits per heavy atom. The largest absolute Gasteiger partial charge is 2.00 e. The molecule has 0 unspecified atom stereocenters. The second kappa shape index (κ2) is 12.8. The molecule has 6 rings (SSSR count). The Kier molecular flexibility index (Phi) is 9.77. The molecule has 0 aliphatic carbocycles. The molecule has 6 aromatic rings. The maximum Gasteiger partial charge on any atom is 2.00 e. The van der Waals surface area contributed by atoms with E-state index in [9.17, 15) is 8.78 Å². The third-order valence-electron chi connectivity index (χ3n) is 6.33. The van der Waals surface area contributed by atoms with E-state index in [-0.39, 0.29) is 54.8 Å². The van der Waals surface area contributed by atoms with Gasteiger partial charge in [0.25, 0.3) is 0 Å². The molecule has 0 spiro atoms. The van der Waals surface area contributed by atoms with Crippen LogP contribution in [-0.2, 0) is 31.6 Å². The van der Waals surface area contributed by atoms with Gasteiger partial charge in [-0.15, -0.1) is 81.2 Å². The van der Waals surface area contributed by atoms with E-state index in [0.717, 1.165) is 0 Å². The Labute approximate surface area is 240 Å². The number of fused-ring (bicyclic) bond motifs is 2. The van der Waals surface area contributed by atoms with Crippen molar-refractivity contribution in [1.82, 2.24) is 0 Å². The van der Waals surface area contributed by atoms with Gasteiger partial charge in [0.2, 0.25) is 0 Å². The SMILES string of the molecule is CC(C)(c1cc2ccccc2[cH-]1)c1cc2ccccc2[cH-]1.Oc1ccc(F)cc1.Oc1ccc(F)cc1.[Zr+2]. The molecule has 0 amide bonds. The fourth-order valence-electron chi connectivity index (χ4n) is 4.07. The monoisotopic (exact) mass is 584 g/mol. The van der Waals surface area contributed by atoms with Crippen LogP contribution in [0.3, 0.4) is 0 Å². The fraction of sp³-hybridized carbons (Fsp3) is 0.0909. The van der Waals surface area contributed by atoms with Gasteiger partial charge in [-0.3, -0.25) is 0 Å². The molecule has 0 saturated heterocycles. The summed E-state index contributed by atoms with van der Waals surface area (Å²) < 4.78 is 24.0. The molecular formula is C33H28F2O2Zr. The van der Waals surface area contributed by atoms with Crippen LogP contribution in [0.5, 0.6) is 11.5 Å². The minimum atomic E-state index is -0.331. The zero-order chi connectivity index (χ0) is 26.4. The molecule has 0 aliphatic rings. The first kappa shape index (κ1) is 29.0. The van der Waals surface area contributed by atoms with Crippen LogP contribution < -0.4 is 0 Å². The number of hydrogen-bond donors (Lipinski definition) is 2. The Bertz CT molecular complexity index is 1350. The summed E-state index contributed by atoms with van der Waals surface area (Å²) in [7, 11) is 0. The fourth-order valence-corrected chi connectivity index (χ4v) is 4.07. The van der Waals surface area contributed by atoms with Crippen LogP contribution >= 0.6 is 0 Å². The Morgan fingerprint density at radius 3 is 1.21 bits per heavy atom. The van der Waals surface area contributed by atoms with Crippen LogP contribution in [-0.4, -0.2) is 10.2 Å². The van der Waals surface area contributed by atoms with E-state index in [1.165, 1.54) is 81.2 Å². The second-order valence-corrected chi connectivity index (χ2v) is 9.32. The molecule has 0 aliphatic heterocycles. The molecule has 0 bridgehead atoms. The van der Waals surface area contributed by atoms with Crippen molar-refractivity contribution < 1.29 is 45.2 Å². The summed E-state index contributed by atoms with van der Waals surface area (Å²) in [5.74, 6) is -0.483. The minimum Gasteiger partial charge on any atom is -0.508 e. The summed E-state index contributed by atoms with van der Waals surface area (Å²) in [6, 6.07) is 36.5. The van der Waals surface area contributed by atoms with Crippen molar-refractivity contribution in [2.75, 3.05) is 0 Å². The number of rotatable bonds is 2. The van der Waals surface area contributed by atoms with E-state index in [1.54, 1.807) is 0 Å². The van der Waals surface area contributed by atoms with Gasteiger partial charge < -0.3 is 10.2 Å². The molecular weight excluding hydrogens is 558 g/mol. The van der Waals surface area contributed by atoms with Crippen LogP contribution in [0.1, 0.15) is 25.0 Å². The Morgan fingerprint density at radius 1 is 0.553 bits per heavy atom. The van der Waals surface area contributed by atoms with Gasteiger partial charge in [0.1, 0.15) is 23.1 Å². The molecule has 0 saturated carbocycles. The summed E-state index contributed by atoms with van der Waals surface area (Å²) in [4.78, 5) is 0. The quantitative estimate of drug-likeness (QED) is 0.199. The topological polar surface area (TPSA) is 40.5 Å². The minimum absolute atomic E-state index is 0. The van der Waals surface area contributed by atoms with Crippen LogP contribution in [0.25, 0.3) is 21.5 Å². The Hall–Kier alpha value is -3.56. The summed E-state index contributed by atoms with van der Waals surface area (Å²) in [5, 5.41) is 22.5. The first-order chi connectivity index (χ1) is 17.7. The summed E-state index contributed by atoms with van der Waals surface area (Å²) in [5.41, 5.74) is 2.80. The smallest absolute Gasteiger partial charge is 0.508 e. The van der Waals surface area contributed by atoms with Gasteiger partial charge in [-0.1, -0.05) is 26.0 Å². The van der Waals surface area contributed by atoms with Crippen LogP contribution in [0.2, 0.25) is 0 Å². The second-order valence-electron chi connectivity index (χ2n) is 9.32. The van der Waals surface area contributed by atoms with E-state index < -0.39 is 0 Å². The normalized spacial score (nSPS) is 10.6. The zero-order valence-corrected chi connectivity index (χ0v) is 23.7. The van der Waals surface area contributed by atoms with E-state index in [1.807, 2.05) is 0 Å².